The van der Waals surface area contributed by atoms with E-state index >= 15 is 0 Å². The highest BCUT2D eigenvalue weighted by atomic mass is 35.5. The van der Waals surface area contributed by atoms with Gasteiger partial charge in [0.1, 0.15) is 0 Å². The van der Waals surface area contributed by atoms with Gasteiger partial charge in [0.25, 0.3) is 0 Å². The maximum absolute atomic E-state index is 11.4. The molecule has 1 N–H and O–H groups in total. The molecule has 0 atom stereocenters. The first kappa shape index (κ1) is 12.8. The van der Waals surface area contributed by atoms with Gasteiger partial charge in [-0.3, -0.25) is 0 Å². The summed E-state index contributed by atoms with van der Waals surface area (Å²) in [6, 6.07) is 7.28. The van der Waals surface area contributed by atoms with E-state index in [-0.39, 0.29) is 6.04 Å². The monoisotopic (exact) mass is 240 g/mol. The molecule has 0 aliphatic carbocycles. The van der Waals surface area contributed by atoms with E-state index in [0.29, 0.717) is 11.1 Å². The van der Waals surface area contributed by atoms with Gasteiger partial charge in [-0.05, 0) is 26.8 Å². The van der Waals surface area contributed by atoms with Crippen LogP contribution in [0.4, 0.5) is 4.79 Å². The first-order chi connectivity index (χ1) is 7.50. The van der Waals surface area contributed by atoms with Crippen LogP contribution in [0.5, 0.6) is 0 Å². The molecule has 1 amide bonds. The molecule has 0 aliphatic rings. The lowest BCUT2D eigenvalue weighted by Gasteiger charge is -2.15. The molecule has 87 valence electrons. The van der Waals surface area contributed by atoms with Gasteiger partial charge < -0.3 is 10.1 Å². The van der Waals surface area contributed by atoms with E-state index in [1.807, 2.05) is 26.0 Å². The number of halogens is 1. The number of nitrogens with one attached hydrogen (secondary N) is 1. The van der Waals surface area contributed by atoms with Crippen LogP contribution in [0.15, 0.2) is 24.3 Å². The van der Waals surface area contributed by atoms with Crippen molar-refractivity contribution in [2.24, 2.45) is 0 Å². The lowest BCUT2D eigenvalue weighted by molar-refractivity contribution is 0.157. The number of benzene rings is 1. The molecule has 1 rings (SSSR count). The molecule has 1 aromatic rings. The summed E-state index contributed by atoms with van der Waals surface area (Å²) < 4.78 is 5.11. The summed E-state index contributed by atoms with van der Waals surface area (Å²) in [5.41, 5.74) is 0.725. The van der Waals surface area contributed by atoms with Crippen LogP contribution in [0.25, 0.3) is 0 Å². The summed E-state index contributed by atoms with van der Waals surface area (Å²) in [5.74, 6) is 0. The molecule has 0 saturated heterocycles. The number of ether oxygens (including phenoxy) is 1. The van der Waals surface area contributed by atoms with Crippen LogP contribution < -0.4 is 5.32 Å². The van der Waals surface area contributed by atoms with Crippen molar-refractivity contribution in [3.63, 3.8) is 0 Å². The standard InChI is InChI=1S/C12H15ClNO2/c1-8(2)14-12(15)16-9(3)10-6-4-5-7-11(10)13/h4-8H,1-3H3,(H,14,15). The molecule has 0 heterocycles. The van der Waals surface area contributed by atoms with E-state index in [9.17, 15) is 4.79 Å². The molecule has 0 fully saturated rings. The van der Waals surface area contributed by atoms with Gasteiger partial charge >= 0.3 is 6.09 Å². The van der Waals surface area contributed by atoms with Gasteiger partial charge in [0, 0.05) is 16.6 Å². The van der Waals surface area contributed by atoms with E-state index < -0.39 is 6.09 Å². The molecule has 0 aliphatic heterocycles. The predicted molar refractivity (Wildman–Crippen MR) is 64.2 cm³/mol. The van der Waals surface area contributed by atoms with Gasteiger partial charge in [-0.15, -0.1) is 0 Å². The Labute approximate surface area is 101 Å². The average molecular weight is 241 g/mol. The Morgan fingerprint density at radius 1 is 1.38 bits per heavy atom. The minimum atomic E-state index is -0.465. The van der Waals surface area contributed by atoms with Crippen LogP contribution >= 0.6 is 11.6 Å². The van der Waals surface area contributed by atoms with Crippen LogP contribution in [0.2, 0.25) is 5.02 Å². The van der Waals surface area contributed by atoms with Gasteiger partial charge in [0.15, 0.2) is 6.10 Å². The van der Waals surface area contributed by atoms with Gasteiger partial charge in [0.2, 0.25) is 0 Å². The molecular weight excluding hydrogens is 226 g/mol. The second kappa shape index (κ2) is 5.75. The predicted octanol–water partition coefficient (Wildman–Crippen LogP) is 3.37. The second-order valence-corrected chi connectivity index (χ2v) is 4.13. The number of hydrogen-bond acceptors (Lipinski definition) is 2. The van der Waals surface area contributed by atoms with E-state index in [2.05, 4.69) is 5.32 Å². The molecular formula is C12H15ClNO2. The number of carbonyl (C=O) groups is 1. The molecule has 0 aromatic heterocycles. The number of hydrogen-bond donors (Lipinski definition) is 1. The Balaban J connectivity index is 2.62. The quantitative estimate of drug-likeness (QED) is 0.880. The molecule has 3 nitrogen and oxygen atoms in total. The van der Waals surface area contributed by atoms with Crippen molar-refractivity contribution in [2.45, 2.75) is 26.8 Å². The van der Waals surface area contributed by atoms with Crippen molar-refractivity contribution in [1.29, 1.82) is 0 Å². The van der Waals surface area contributed by atoms with Crippen LogP contribution in [0, 0.1) is 6.10 Å². The minimum Gasteiger partial charge on any atom is -0.434 e. The normalized spacial score (nSPS) is 10.6. The summed E-state index contributed by atoms with van der Waals surface area (Å²) in [6.07, 6.45) is 0.0242. The molecule has 0 unspecified atom stereocenters. The van der Waals surface area contributed by atoms with Crippen molar-refractivity contribution in [3.8, 4) is 0 Å². The molecule has 0 spiro atoms. The van der Waals surface area contributed by atoms with Gasteiger partial charge in [-0.1, -0.05) is 29.8 Å². The maximum atomic E-state index is 11.4. The molecule has 16 heavy (non-hydrogen) atoms. The summed E-state index contributed by atoms with van der Waals surface area (Å²) in [4.78, 5) is 11.4. The van der Waals surface area contributed by atoms with Crippen molar-refractivity contribution in [1.82, 2.24) is 5.32 Å². The topological polar surface area (TPSA) is 38.3 Å². The molecule has 1 radical (unpaired) electrons. The molecule has 0 bridgehead atoms. The zero-order valence-corrected chi connectivity index (χ0v) is 10.3. The van der Waals surface area contributed by atoms with Crippen LogP contribution in [-0.2, 0) is 4.74 Å². The summed E-state index contributed by atoms with van der Waals surface area (Å²) in [5, 5.41) is 3.20. The van der Waals surface area contributed by atoms with Gasteiger partial charge in [-0.2, -0.15) is 0 Å². The Bertz CT molecular complexity index is 366. The fourth-order valence-corrected chi connectivity index (χ4v) is 1.47. The van der Waals surface area contributed by atoms with Crippen molar-refractivity contribution in [3.05, 3.63) is 41.0 Å². The maximum Gasteiger partial charge on any atom is 0.408 e. The van der Waals surface area contributed by atoms with E-state index in [1.165, 1.54) is 0 Å². The number of carbonyl (C=O) groups excluding carboxylic acids is 1. The smallest absolute Gasteiger partial charge is 0.408 e. The Kier molecular flexibility index (Phi) is 4.62. The third-order valence-electron chi connectivity index (χ3n) is 1.91. The zero-order chi connectivity index (χ0) is 12.1. The zero-order valence-electron chi connectivity index (χ0n) is 9.58. The van der Waals surface area contributed by atoms with Gasteiger partial charge in [-0.25, -0.2) is 4.79 Å². The lowest BCUT2D eigenvalue weighted by atomic mass is 10.1. The highest BCUT2D eigenvalue weighted by Gasteiger charge is 2.15. The third kappa shape index (κ3) is 3.74. The number of rotatable bonds is 3. The van der Waals surface area contributed by atoms with Crippen molar-refractivity contribution >= 4 is 17.7 Å². The fraction of sp³-hybridized carbons (Fsp3) is 0.333. The molecule has 1 aromatic carbocycles. The first-order valence-electron chi connectivity index (χ1n) is 5.07. The van der Waals surface area contributed by atoms with E-state index in [0.717, 1.165) is 5.56 Å². The Morgan fingerprint density at radius 3 is 2.56 bits per heavy atom. The van der Waals surface area contributed by atoms with E-state index in [1.54, 1.807) is 19.1 Å². The van der Waals surface area contributed by atoms with Crippen LogP contribution in [0.1, 0.15) is 26.3 Å². The molecule has 4 heteroatoms. The summed E-state index contributed by atoms with van der Waals surface area (Å²) in [7, 11) is 0. The Morgan fingerprint density at radius 2 is 2.00 bits per heavy atom. The minimum absolute atomic E-state index is 0.0477. The van der Waals surface area contributed by atoms with Crippen LogP contribution in [-0.4, -0.2) is 12.1 Å². The first-order valence-corrected chi connectivity index (χ1v) is 5.45. The number of alkyl carbamates (subject to hydrolysis) is 1. The van der Waals surface area contributed by atoms with Crippen LogP contribution in [0.3, 0.4) is 0 Å². The van der Waals surface area contributed by atoms with Gasteiger partial charge in [0.05, 0.1) is 0 Å². The summed E-state index contributed by atoms with van der Waals surface area (Å²) in [6.45, 7) is 5.44. The highest BCUT2D eigenvalue weighted by Crippen LogP contribution is 2.24. The number of amides is 1. The highest BCUT2D eigenvalue weighted by molar-refractivity contribution is 6.31. The lowest BCUT2D eigenvalue weighted by Crippen LogP contribution is -2.31. The SMILES string of the molecule is C[C](OC(=O)NC(C)C)c1ccccc1Cl. The van der Waals surface area contributed by atoms with E-state index in [4.69, 9.17) is 16.3 Å². The molecule has 0 saturated carbocycles. The Hall–Kier alpha value is -1.22. The average Bonchev–Trinajstić information content (AvgIpc) is 2.16. The fourth-order valence-electron chi connectivity index (χ4n) is 1.21. The van der Waals surface area contributed by atoms with Crippen molar-refractivity contribution < 1.29 is 9.53 Å². The summed E-state index contributed by atoms with van der Waals surface area (Å²) >= 11 is 5.98. The van der Waals surface area contributed by atoms with Crippen molar-refractivity contribution in [2.75, 3.05) is 0 Å². The third-order valence-corrected chi connectivity index (χ3v) is 2.24. The largest absolute Gasteiger partial charge is 0.434 e. The second-order valence-electron chi connectivity index (χ2n) is 3.72.